The first-order valence-corrected chi connectivity index (χ1v) is 13.0. The molecule has 0 unspecified atom stereocenters. The predicted molar refractivity (Wildman–Crippen MR) is 148 cm³/mol. The normalized spacial score (nSPS) is 13.2. The molecule has 0 spiro atoms. The summed E-state index contributed by atoms with van der Waals surface area (Å²) in [6.07, 6.45) is -4.43. The number of benzene rings is 4. The molecular weight excluding hydrogens is 499 g/mol. The first-order valence-electron chi connectivity index (χ1n) is 13.0. The Hall–Kier alpha value is -3.90. The van der Waals surface area contributed by atoms with E-state index in [2.05, 4.69) is 11.8 Å². The number of carbonyl (C=O) groups excluding carboxylic acids is 1. The van der Waals surface area contributed by atoms with Gasteiger partial charge in [-0.3, -0.25) is 9.69 Å². The Labute approximate surface area is 227 Å². The van der Waals surface area contributed by atoms with Crippen molar-refractivity contribution < 1.29 is 22.7 Å². The molecule has 0 aromatic heterocycles. The van der Waals surface area contributed by atoms with Crippen LogP contribution in [0.25, 0.3) is 11.1 Å². The van der Waals surface area contributed by atoms with Crippen LogP contribution in [0.5, 0.6) is 0 Å². The van der Waals surface area contributed by atoms with E-state index in [-0.39, 0.29) is 30.6 Å². The van der Waals surface area contributed by atoms with Crippen LogP contribution in [0.2, 0.25) is 0 Å². The number of rotatable bonds is 10. The Morgan fingerprint density at radius 3 is 2.10 bits per heavy atom. The van der Waals surface area contributed by atoms with E-state index in [4.69, 9.17) is 4.74 Å². The lowest BCUT2D eigenvalue weighted by atomic mass is 9.92. The maximum absolute atomic E-state index is 13.8. The van der Waals surface area contributed by atoms with Crippen molar-refractivity contribution in [3.8, 4) is 11.1 Å². The molecule has 0 amide bonds. The lowest BCUT2D eigenvalue weighted by Gasteiger charge is -2.37. The maximum Gasteiger partial charge on any atom is 0.417 e. The van der Waals surface area contributed by atoms with Crippen LogP contribution >= 0.6 is 0 Å². The van der Waals surface area contributed by atoms with Crippen molar-refractivity contribution in [2.45, 2.75) is 45.1 Å². The molecule has 39 heavy (non-hydrogen) atoms. The van der Waals surface area contributed by atoms with Gasteiger partial charge in [-0.05, 0) is 53.8 Å². The van der Waals surface area contributed by atoms with Crippen LogP contribution in [0, 0.1) is 0 Å². The molecule has 0 aliphatic carbocycles. The Bertz CT molecular complexity index is 1360. The minimum atomic E-state index is -4.49. The van der Waals surface area contributed by atoms with Crippen LogP contribution in [0.15, 0.2) is 109 Å². The average molecular weight is 532 g/mol. The highest BCUT2D eigenvalue weighted by Crippen LogP contribution is 2.40. The first-order chi connectivity index (χ1) is 18.8. The zero-order chi connectivity index (χ0) is 27.8. The standard InChI is InChI=1S/C33H32F3NO2/c1-3-39-32(38)22-31(28-18-12-17-27(21-28)29-19-10-11-20-30(29)33(34,35)36)37(23-25-13-6-4-7-14-25)24(2)26-15-8-5-9-16-26/h4-21,24,31H,3,22-23H2,1-2H3/t24-,31+/m1/s1. The summed E-state index contributed by atoms with van der Waals surface area (Å²) in [5.74, 6) is -0.359. The van der Waals surface area contributed by atoms with Gasteiger partial charge in [0.1, 0.15) is 0 Å². The Balaban J connectivity index is 1.83. The van der Waals surface area contributed by atoms with Gasteiger partial charge < -0.3 is 4.74 Å². The van der Waals surface area contributed by atoms with Crippen molar-refractivity contribution in [2.24, 2.45) is 0 Å². The second-order valence-corrected chi connectivity index (χ2v) is 9.44. The van der Waals surface area contributed by atoms with Crippen molar-refractivity contribution in [2.75, 3.05) is 6.61 Å². The van der Waals surface area contributed by atoms with Crippen LogP contribution in [0.3, 0.4) is 0 Å². The summed E-state index contributed by atoms with van der Waals surface area (Å²) in [6, 6.07) is 32.0. The van der Waals surface area contributed by atoms with Crippen molar-refractivity contribution in [3.05, 3.63) is 131 Å². The van der Waals surface area contributed by atoms with Crippen LogP contribution in [-0.2, 0) is 22.3 Å². The monoisotopic (exact) mass is 531 g/mol. The minimum Gasteiger partial charge on any atom is -0.466 e. The summed E-state index contributed by atoms with van der Waals surface area (Å²) < 4.78 is 46.9. The summed E-state index contributed by atoms with van der Waals surface area (Å²) in [7, 11) is 0. The SMILES string of the molecule is CCOC(=O)C[C@@H](c1cccc(-c2ccccc2C(F)(F)F)c1)N(Cc1ccccc1)[C@H](C)c1ccccc1. The van der Waals surface area contributed by atoms with Gasteiger partial charge in [-0.25, -0.2) is 0 Å². The molecule has 4 rings (SSSR count). The van der Waals surface area contributed by atoms with Crippen molar-refractivity contribution in [3.63, 3.8) is 0 Å². The number of hydrogen-bond acceptors (Lipinski definition) is 3. The summed E-state index contributed by atoms with van der Waals surface area (Å²) in [5, 5.41) is 0. The van der Waals surface area contributed by atoms with Crippen molar-refractivity contribution in [1.29, 1.82) is 0 Å². The number of halogens is 3. The molecule has 0 fully saturated rings. The highest BCUT2D eigenvalue weighted by atomic mass is 19.4. The zero-order valence-electron chi connectivity index (χ0n) is 22.1. The smallest absolute Gasteiger partial charge is 0.417 e. The molecule has 4 aromatic carbocycles. The number of carbonyl (C=O) groups is 1. The molecule has 0 saturated heterocycles. The second-order valence-electron chi connectivity index (χ2n) is 9.44. The van der Waals surface area contributed by atoms with Crippen LogP contribution in [-0.4, -0.2) is 17.5 Å². The molecule has 3 nitrogen and oxygen atoms in total. The molecule has 0 radical (unpaired) electrons. The van der Waals surface area contributed by atoms with Gasteiger partial charge in [0, 0.05) is 18.6 Å². The van der Waals surface area contributed by atoms with Gasteiger partial charge in [0.25, 0.3) is 0 Å². The highest BCUT2D eigenvalue weighted by molar-refractivity contribution is 5.72. The second kappa shape index (κ2) is 12.8. The number of ether oxygens (including phenoxy) is 1. The summed E-state index contributed by atoms with van der Waals surface area (Å²) in [6.45, 7) is 4.62. The zero-order valence-corrected chi connectivity index (χ0v) is 22.1. The third-order valence-corrected chi connectivity index (χ3v) is 6.87. The predicted octanol–water partition coefficient (Wildman–Crippen LogP) is 8.63. The molecule has 4 aromatic rings. The highest BCUT2D eigenvalue weighted by Gasteiger charge is 2.34. The average Bonchev–Trinajstić information content (AvgIpc) is 2.95. The van der Waals surface area contributed by atoms with Gasteiger partial charge in [0.15, 0.2) is 0 Å². The number of hydrogen-bond donors (Lipinski definition) is 0. The fraction of sp³-hybridized carbons (Fsp3) is 0.242. The molecule has 0 heterocycles. The van der Waals surface area contributed by atoms with E-state index in [1.165, 1.54) is 12.1 Å². The van der Waals surface area contributed by atoms with E-state index < -0.39 is 17.8 Å². The Morgan fingerprint density at radius 1 is 0.821 bits per heavy atom. The maximum atomic E-state index is 13.8. The molecule has 202 valence electrons. The van der Waals surface area contributed by atoms with Crippen LogP contribution in [0.1, 0.15) is 54.6 Å². The molecule has 0 aliphatic heterocycles. The molecule has 0 aliphatic rings. The fourth-order valence-corrected chi connectivity index (χ4v) is 4.93. The van der Waals surface area contributed by atoms with Gasteiger partial charge in [0.05, 0.1) is 18.6 Å². The fourth-order valence-electron chi connectivity index (χ4n) is 4.93. The third kappa shape index (κ3) is 7.15. The topological polar surface area (TPSA) is 29.5 Å². The molecular formula is C33H32F3NO2. The third-order valence-electron chi connectivity index (χ3n) is 6.87. The number of alkyl halides is 3. The quantitative estimate of drug-likeness (QED) is 0.192. The molecule has 6 heteroatoms. The van der Waals surface area contributed by atoms with Crippen molar-refractivity contribution in [1.82, 2.24) is 4.90 Å². The van der Waals surface area contributed by atoms with Gasteiger partial charge in [-0.2, -0.15) is 13.2 Å². The Kier molecular flexibility index (Phi) is 9.20. The van der Waals surface area contributed by atoms with E-state index in [9.17, 15) is 18.0 Å². The van der Waals surface area contributed by atoms with E-state index in [0.29, 0.717) is 12.1 Å². The largest absolute Gasteiger partial charge is 0.466 e. The van der Waals surface area contributed by atoms with Crippen LogP contribution in [0.4, 0.5) is 13.2 Å². The summed E-state index contributed by atoms with van der Waals surface area (Å²) >= 11 is 0. The molecule has 0 saturated carbocycles. The van der Waals surface area contributed by atoms with Gasteiger partial charge in [0.2, 0.25) is 0 Å². The number of esters is 1. The first kappa shape index (κ1) is 28.1. The van der Waals surface area contributed by atoms with Gasteiger partial charge >= 0.3 is 12.1 Å². The Morgan fingerprint density at radius 2 is 1.44 bits per heavy atom. The summed E-state index contributed by atoms with van der Waals surface area (Å²) in [4.78, 5) is 15.1. The van der Waals surface area contributed by atoms with E-state index >= 15 is 0 Å². The molecule has 0 N–H and O–H groups in total. The molecule has 2 atom stereocenters. The lowest BCUT2D eigenvalue weighted by molar-refractivity contribution is -0.145. The van der Waals surface area contributed by atoms with E-state index in [0.717, 1.165) is 22.8 Å². The minimum absolute atomic E-state index is 0.0578. The van der Waals surface area contributed by atoms with E-state index in [1.54, 1.807) is 31.2 Å². The molecule has 0 bridgehead atoms. The van der Waals surface area contributed by atoms with Crippen LogP contribution < -0.4 is 0 Å². The van der Waals surface area contributed by atoms with Gasteiger partial charge in [-0.1, -0.05) is 97.1 Å². The van der Waals surface area contributed by atoms with Gasteiger partial charge in [-0.15, -0.1) is 0 Å². The summed E-state index contributed by atoms with van der Waals surface area (Å²) in [5.41, 5.74) is 2.74. The van der Waals surface area contributed by atoms with E-state index in [1.807, 2.05) is 66.7 Å². The number of nitrogens with zero attached hydrogens (tertiary/aromatic N) is 1. The van der Waals surface area contributed by atoms with Crippen molar-refractivity contribution >= 4 is 5.97 Å². The lowest BCUT2D eigenvalue weighted by Crippen LogP contribution is -2.33.